The lowest BCUT2D eigenvalue weighted by atomic mass is 9.87. The van der Waals surface area contributed by atoms with Crippen molar-refractivity contribution >= 4 is 35.3 Å². The molecular formula is C23H24Cl2N4O. The third-order valence-corrected chi connectivity index (χ3v) is 5.38. The number of amides is 1. The molecule has 0 atom stereocenters. The van der Waals surface area contributed by atoms with E-state index in [0.717, 1.165) is 16.8 Å². The number of hydrogen-bond acceptors (Lipinski definition) is 3. The number of aromatic nitrogens is 2. The highest BCUT2D eigenvalue weighted by Crippen LogP contribution is 2.22. The lowest BCUT2D eigenvalue weighted by Gasteiger charge is -2.18. The molecule has 156 valence electrons. The summed E-state index contributed by atoms with van der Waals surface area (Å²) in [6.45, 7) is 8.75. The summed E-state index contributed by atoms with van der Waals surface area (Å²) in [4.78, 5) is 12.4. The van der Waals surface area contributed by atoms with E-state index >= 15 is 0 Å². The first kappa shape index (κ1) is 22.1. The Hall–Kier alpha value is -2.63. The fourth-order valence-corrected chi connectivity index (χ4v) is 3.33. The Labute approximate surface area is 186 Å². The predicted octanol–water partition coefficient (Wildman–Crippen LogP) is 5.61. The molecule has 0 radical (unpaired) electrons. The topological polar surface area (TPSA) is 59.3 Å². The molecule has 30 heavy (non-hydrogen) atoms. The fraction of sp³-hybridized carbons (Fsp3) is 0.261. The minimum absolute atomic E-state index is 0.0353. The molecule has 1 aromatic heterocycles. The molecule has 7 heteroatoms. The van der Waals surface area contributed by atoms with Crippen LogP contribution in [0.3, 0.4) is 0 Å². The Morgan fingerprint density at radius 1 is 1.10 bits per heavy atom. The Morgan fingerprint density at radius 3 is 2.33 bits per heavy atom. The third-order valence-electron chi connectivity index (χ3n) is 4.73. The van der Waals surface area contributed by atoms with Crippen LogP contribution in [0.25, 0.3) is 0 Å². The first-order valence-electron chi connectivity index (χ1n) is 9.56. The number of carbonyl (C=O) groups excluding carboxylic acids is 1. The van der Waals surface area contributed by atoms with Crippen LogP contribution in [0, 0.1) is 6.92 Å². The number of halogens is 2. The fourth-order valence-electron chi connectivity index (χ4n) is 2.92. The molecule has 0 saturated carbocycles. The maximum absolute atomic E-state index is 12.4. The Kier molecular flexibility index (Phi) is 6.64. The molecule has 0 bridgehead atoms. The number of aryl methyl sites for hydroxylation is 1. The molecule has 0 aliphatic heterocycles. The summed E-state index contributed by atoms with van der Waals surface area (Å²) < 4.78 is 1.69. The van der Waals surface area contributed by atoms with Crippen molar-refractivity contribution in [3.63, 3.8) is 0 Å². The number of nitrogens with zero attached hydrogens (tertiary/aromatic N) is 3. The van der Waals surface area contributed by atoms with Gasteiger partial charge in [-0.25, -0.2) is 10.1 Å². The van der Waals surface area contributed by atoms with Crippen LogP contribution in [0.4, 0.5) is 0 Å². The monoisotopic (exact) mass is 442 g/mol. The van der Waals surface area contributed by atoms with Crippen LogP contribution in [-0.4, -0.2) is 21.9 Å². The van der Waals surface area contributed by atoms with E-state index in [4.69, 9.17) is 23.2 Å². The van der Waals surface area contributed by atoms with Gasteiger partial charge in [0.05, 0.1) is 24.0 Å². The Bertz CT molecular complexity index is 1060. The first-order chi connectivity index (χ1) is 14.1. The van der Waals surface area contributed by atoms with Crippen LogP contribution >= 0.6 is 23.2 Å². The minimum atomic E-state index is -0.283. The van der Waals surface area contributed by atoms with Gasteiger partial charge in [0.2, 0.25) is 0 Å². The zero-order valence-corrected chi connectivity index (χ0v) is 18.9. The van der Waals surface area contributed by atoms with E-state index in [9.17, 15) is 4.79 Å². The number of hydrazone groups is 1. The van der Waals surface area contributed by atoms with E-state index in [-0.39, 0.29) is 11.3 Å². The molecule has 3 rings (SSSR count). The van der Waals surface area contributed by atoms with Gasteiger partial charge in [-0.3, -0.25) is 4.79 Å². The molecule has 0 fully saturated rings. The lowest BCUT2D eigenvalue weighted by Crippen LogP contribution is -2.18. The SMILES string of the molecule is Cc1nn(Cc2ccc(Cl)cc2)c(Cl)c1C=NNC(=O)c1ccc(C(C)(C)C)cc1. The molecule has 1 heterocycles. The van der Waals surface area contributed by atoms with Gasteiger partial charge in [0, 0.05) is 10.6 Å². The van der Waals surface area contributed by atoms with Gasteiger partial charge < -0.3 is 0 Å². The number of nitrogens with one attached hydrogen (secondary N) is 1. The van der Waals surface area contributed by atoms with Crippen LogP contribution in [0.2, 0.25) is 10.2 Å². The highest BCUT2D eigenvalue weighted by Gasteiger charge is 2.15. The first-order valence-corrected chi connectivity index (χ1v) is 10.3. The largest absolute Gasteiger partial charge is 0.271 e. The molecule has 2 aromatic carbocycles. The van der Waals surface area contributed by atoms with E-state index in [1.165, 1.54) is 6.21 Å². The lowest BCUT2D eigenvalue weighted by molar-refractivity contribution is 0.0955. The van der Waals surface area contributed by atoms with E-state index < -0.39 is 0 Å². The average molecular weight is 443 g/mol. The smallest absolute Gasteiger partial charge is 0.267 e. The third kappa shape index (κ3) is 5.29. The summed E-state index contributed by atoms with van der Waals surface area (Å²) in [5.41, 5.74) is 6.70. The van der Waals surface area contributed by atoms with Crippen molar-refractivity contribution in [2.24, 2.45) is 5.10 Å². The molecule has 3 aromatic rings. The maximum Gasteiger partial charge on any atom is 0.271 e. The van der Waals surface area contributed by atoms with E-state index in [1.54, 1.807) is 16.8 Å². The highest BCUT2D eigenvalue weighted by atomic mass is 35.5. The quantitative estimate of drug-likeness (QED) is 0.412. The van der Waals surface area contributed by atoms with Crippen molar-refractivity contribution in [1.82, 2.24) is 15.2 Å². The predicted molar refractivity (Wildman–Crippen MR) is 123 cm³/mol. The Morgan fingerprint density at radius 2 is 1.73 bits per heavy atom. The van der Waals surface area contributed by atoms with Gasteiger partial charge in [0.25, 0.3) is 5.91 Å². The summed E-state index contributed by atoms with van der Waals surface area (Å²) in [5.74, 6) is -0.283. The van der Waals surface area contributed by atoms with Crippen LogP contribution in [-0.2, 0) is 12.0 Å². The normalized spacial score (nSPS) is 11.8. The molecule has 0 unspecified atom stereocenters. The van der Waals surface area contributed by atoms with Gasteiger partial charge in [0.1, 0.15) is 5.15 Å². The van der Waals surface area contributed by atoms with Crippen molar-refractivity contribution in [2.45, 2.75) is 39.7 Å². The van der Waals surface area contributed by atoms with Gasteiger partial charge in [-0.2, -0.15) is 10.2 Å². The summed E-state index contributed by atoms with van der Waals surface area (Å²) >= 11 is 12.4. The number of carbonyl (C=O) groups is 1. The van der Waals surface area contributed by atoms with Crippen LogP contribution in [0.15, 0.2) is 53.6 Å². The van der Waals surface area contributed by atoms with E-state index in [1.807, 2.05) is 43.3 Å². The van der Waals surface area contributed by atoms with Crippen molar-refractivity contribution in [3.05, 3.63) is 86.7 Å². The number of hydrogen-bond donors (Lipinski definition) is 1. The maximum atomic E-state index is 12.4. The molecule has 0 saturated heterocycles. The second kappa shape index (κ2) is 9.02. The summed E-state index contributed by atoms with van der Waals surface area (Å²) in [7, 11) is 0. The summed E-state index contributed by atoms with van der Waals surface area (Å²) in [5, 5.41) is 9.66. The van der Waals surface area contributed by atoms with Crippen molar-refractivity contribution in [1.29, 1.82) is 0 Å². The number of rotatable bonds is 5. The molecule has 0 spiro atoms. The highest BCUT2D eigenvalue weighted by molar-refractivity contribution is 6.32. The number of benzene rings is 2. The second-order valence-electron chi connectivity index (χ2n) is 8.10. The molecule has 1 N–H and O–H groups in total. The Balaban J connectivity index is 1.68. The van der Waals surface area contributed by atoms with Crippen LogP contribution in [0.5, 0.6) is 0 Å². The van der Waals surface area contributed by atoms with Crippen molar-refractivity contribution in [3.8, 4) is 0 Å². The second-order valence-corrected chi connectivity index (χ2v) is 8.89. The van der Waals surface area contributed by atoms with Gasteiger partial charge in [-0.15, -0.1) is 0 Å². The standard InChI is InChI=1S/C23H24Cl2N4O/c1-15-20(21(25)29(28-15)14-16-5-11-19(24)12-6-16)13-26-27-22(30)17-7-9-18(10-8-17)23(2,3)4/h5-13H,14H2,1-4H3,(H,27,30). The van der Waals surface area contributed by atoms with Gasteiger partial charge in [-0.1, -0.05) is 68.2 Å². The zero-order valence-electron chi connectivity index (χ0n) is 17.4. The molecular weight excluding hydrogens is 419 g/mol. The summed E-state index contributed by atoms with van der Waals surface area (Å²) in [6, 6.07) is 15.0. The van der Waals surface area contributed by atoms with Crippen molar-refractivity contribution < 1.29 is 4.79 Å². The van der Waals surface area contributed by atoms with E-state index in [2.05, 4.69) is 36.4 Å². The van der Waals surface area contributed by atoms with Crippen molar-refractivity contribution in [2.75, 3.05) is 0 Å². The zero-order chi connectivity index (χ0) is 21.9. The molecule has 5 nitrogen and oxygen atoms in total. The van der Waals surface area contributed by atoms with Crippen LogP contribution < -0.4 is 5.43 Å². The molecule has 0 aliphatic carbocycles. The average Bonchev–Trinajstić information content (AvgIpc) is 2.96. The van der Waals surface area contributed by atoms with Gasteiger partial charge in [-0.05, 0) is 47.7 Å². The van der Waals surface area contributed by atoms with Gasteiger partial charge in [0.15, 0.2) is 0 Å². The minimum Gasteiger partial charge on any atom is -0.267 e. The van der Waals surface area contributed by atoms with Gasteiger partial charge >= 0.3 is 0 Å². The summed E-state index contributed by atoms with van der Waals surface area (Å²) in [6.07, 6.45) is 1.52. The van der Waals surface area contributed by atoms with Crippen LogP contribution in [0.1, 0.15) is 53.5 Å². The molecule has 1 amide bonds. The van der Waals surface area contributed by atoms with E-state index in [0.29, 0.717) is 27.8 Å². The molecule has 0 aliphatic rings.